The number of morpholine rings is 1. The van der Waals surface area contributed by atoms with Gasteiger partial charge in [0.25, 0.3) is 0 Å². The van der Waals surface area contributed by atoms with Crippen molar-refractivity contribution in [3.8, 4) is 0 Å². The highest BCUT2D eigenvalue weighted by Gasteiger charge is 2.78. The molecule has 1 spiro atoms. The van der Waals surface area contributed by atoms with Crippen LogP contribution in [0.2, 0.25) is 0 Å². The quantitative estimate of drug-likeness (QED) is 0.383. The number of amides is 3. The smallest absolute Gasteiger partial charge is 0.245 e. The van der Waals surface area contributed by atoms with E-state index >= 15 is 0 Å². The van der Waals surface area contributed by atoms with Gasteiger partial charge in [-0.05, 0) is 32.1 Å². The van der Waals surface area contributed by atoms with Gasteiger partial charge in [-0.3, -0.25) is 19.3 Å². The second-order valence-electron chi connectivity index (χ2n) is 11.0. The molecule has 6 atom stereocenters. The van der Waals surface area contributed by atoms with Crippen LogP contribution in [0, 0.1) is 17.8 Å². The first-order valence-corrected chi connectivity index (χ1v) is 13.2. The minimum atomic E-state index is -1.06. The van der Waals surface area contributed by atoms with Gasteiger partial charge in [0.1, 0.15) is 11.6 Å². The third-order valence-corrected chi connectivity index (χ3v) is 8.44. The molecule has 2 bridgehead atoms. The first-order chi connectivity index (χ1) is 16.7. The highest BCUT2D eigenvalue weighted by molar-refractivity contribution is 5.99. The monoisotopic (exact) mass is 494 g/mol. The Labute approximate surface area is 208 Å². The van der Waals surface area contributed by atoms with E-state index in [2.05, 4.69) is 15.5 Å². The maximum Gasteiger partial charge on any atom is 0.245 e. The average Bonchev–Trinajstić information content (AvgIpc) is 3.39. The zero-order chi connectivity index (χ0) is 25.4. The van der Waals surface area contributed by atoms with Gasteiger partial charge in [-0.2, -0.15) is 0 Å². The highest BCUT2D eigenvalue weighted by atomic mass is 16.5. The molecule has 3 amide bonds. The first-order valence-electron chi connectivity index (χ1n) is 13.2. The SMILES string of the molecule is CCCNC(=O)[C@@H]1[C@H]2C(=O)N([C@@H](CO)C(C)C)C(C(=O)NCCN3CCOCC3)C23CC[C@@]1(C)O3. The molecule has 4 fully saturated rings. The molecule has 0 aliphatic carbocycles. The summed E-state index contributed by atoms with van der Waals surface area (Å²) in [6, 6.07) is -1.41. The molecular weight excluding hydrogens is 452 g/mol. The number of rotatable bonds is 10. The number of nitrogens with zero attached hydrogens (tertiary/aromatic N) is 2. The molecule has 4 aliphatic heterocycles. The van der Waals surface area contributed by atoms with Crippen molar-refractivity contribution in [2.24, 2.45) is 17.8 Å². The van der Waals surface area contributed by atoms with Crippen molar-refractivity contribution >= 4 is 17.7 Å². The van der Waals surface area contributed by atoms with Crippen molar-refractivity contribution in [1.29, 1.82) is 0 Å². The molecule has 4 rings (SSSR count). The Morgan fingerprint density at radius 3 is 2.46 bits per heavy atom. The van der Waals surface area contributed by atoms with Crippen LogP contribution < -0.4 is 10.6 Å². The van der Waals surface area contributed by atoms with Gasteiger partial charge in [0.15, 0.2) is 0 Å². The molecule has 35 heavy (non-hydrogen) atoms. The Bertz CT molecular complexity index is 818. The number of aliphatic hydroxyl groups excluding tert-OH is 1. The van der Waals surface area contributed by atoms with Crippen LogP contribution in [0.1, 0.15) is 47.0 Å². The van der Waals surface area contributed by atoms with Crippen LogP contribution in [0.5, 0.6) is 0 Å². The Hall–Kier alpha value is -1.75. The molecule has 0 aromatic carbocycles. The van der Waals surface area contributed by atoms with E-state index in [9.17, 15) is 19.5 Å². The lowest BCUT2D eigenvalue weighted by Crippen LogP contribution is -2.59. The van der Waals surface area contributed by atoms with E-state index < -0.39 is 35.1 Å². The van der Waals surface area contributed by atoms with Crippen molar-refractivity contribution in [3.05, 3.63) is 0 Å². The lowest BCUT2D eigenvalue weighted by Gasteiger charge is -2.38. The number of hydrogen-bond acceptors (Lipinski definition) is 7. The fourth-order valence-corrected chi connectivity index (χ4v) is 6.66. The second-order valence-corrected chi connectivity index (χ2v) is 11.0. The molecule has 0 aromatic heterocycles. The predicted molar refractivity (Wildman–Crippen MR) is 128 cm³/mol. The minimum absolute atomic E-state index is 0.0667. The zero-order valence-corrected chi connectivity index (χ0v) is 21.5. The summed E-state index contributed by atoms with van der Waals surface area (Å²) in [5.74, 6) is -2.18. The maximum atomic E-state index is 14.0. The fourth-order valence-electron chi connectivity index (χ4n) is 6.66. The van der Waals surface area contributed by atoms with E-state index in [0.717, 1.165) is 19.5 Å². The topological polar surface area (TPSA) is 120 Å². The summed E-state index contributed by atoms with van der Waals surface area (Å²) in [4.78, 5) is 44.8. The fraction of sp³-hybridized carbons (Fsp3) is 0.880. The van der Waals surface area contributed by atoms with Crippen molar-refractivity contribution < 1.29 is 29.0 Å². The zero-order valence-electron chi connectivity index (χ0n) is 21.5. The van der Waals surface area contributed by atoms with Crippen molar-refractivity contribution in [3.63, 3.8) is 0 Å². The number of aliphatic hydroxyl groups is 1. The van der Waals surface area contributed by atoms with Gasteiger partial charge in [-0.25, -0.2) is 0 Å². The summed E-state index contributed by atoms with van der Waals surface area (Å²) in [6.07, 6.45) is 1.93. The largest absolute Gasteiger partial charge is 0.394 e. The molecule has 0 saturated carbocycles. The van der Waals surface area contributed by atoms with E-state index in [0.29, 0.717) is 45.7 Å². The molecule has 198 valence electrons. The van der Waals surface area contributed by atoms with Crippen LogP contribution in [0.15, 0.2) is 0 Å². The average molecular weight is 495 g/mol. The summed E-state index contributed by atoms with van der Waals surface area (Å²) in [5.41, 5.74) is -1.85. The highest BCUT2D eigenvalue weighted by Crippen LogP contribution is 2.63. The van der Waals surface area contributed by atoms with Crippen LogP contribution in [0.4, 0.5) is 0 Å². The normalized spacial score (nSPS) is 35.4. The van der Waals surface area contributed by atoms with Gasteiger partial charge in [0, 0.05) is 32.7 Å². The van der Waals surface area contributed by atoms with Crippen LogP contribution in [-0.4, -0.2) is 108 Å². The summed E-state index contributed by atoms with van der Waals surface area (Å²) >= 11 is 0. The van der Waals surface area contributed by atoms with E-state index in [4.69, 9.17) is 9.47 Å². The second kappa shape index (κ2) is 10.3. The van der Waals surface area contributed by atoms with Crippen LogP contribution in [0.3, 0.4) is 0 Å². The van der Waals surface area contributed by atoms with E-state index in [1.54, 1.807) is 4.90 Å². The van der Waals surface area contributed by atoms with Gasteiger partial charge in [0.2, 0.25) is 17.7 Å². The molecule has 2 unspecified atom stereocenters. The van der Waals surface area contributed by atoms with Gasteiger partial charge in [0.05, 0.1) is 43.3 Å². The third-order valence-electron chi connectivity index (χ3n) is 8.44. The Kier molecular flexibility index (Phi) is 7.76. The van der Waals surface area contributed by atoms with Gasteiger partial charge >= 0.3 is 0 Å². The van der Waals surface area contributed by atoms with Crippen LogP contribution >= 0.6 is 0 Å². The van der Waals surface area contributed by atoms with Crippen molar-refractivity contribution in [2.45, 2.75) is 70.2 Å². The molecule has 4 aliphatic rings. The lowest BCUT2D eigenvalue weighted by atomic mass is 9.66. The lowest BCUT2D eigenvalue weighted by molar-refractivity contribution is -0.150. The molecule has 0 radical (unpaired) electrons. The van der Waals surface area contributed by atoms with Crippen molar-refractivity contribution in [1.82, 2.24) is 20.4 Å². The van der Waals surface area contributed by atoms with E-state index in [1.807, 2.05) is 27.7 Å². The molecule has 10 nitrogen and oxygen atoms in total. The maximum absolute atomic E-state index is 14.0. The molecule has 3 N–H and O–H groups in total. The number of carbonyl (C=O) groups excluding carboxylic acids is 3. The van der Waals surface area contributed by atoms with E-state index in [1.165, 1.54) is 0 Å². The molecule has 4 saturated heterocycles. The minimum Gasteiger partial charge on any atom is -0.394 e. The molecule has 0 aromatic rings. The van der Waals surface area contributed by atoms with Crippen molar-refractivity contribution in [2.75, 3.05) is 52.5 Å². The van der Waals surface area contributed by atoms with Gasteiger partial charge < -0.3 is 30.1 Å². The third kappa shape index (κ3) is 4.47. The summed E-state index contributed by atoms with van der Waals surface area (Å²) < 4.78 is 12.0. The van der Waals surface area contributed by atoms with Gasteiger partial charge in [-0.15, -0.1) is 0 Å². The number of nitrogens with one attached hydrogen (secondary N) is 2. The van der Waals surface area contributed by atoms with Crippen LogP contribution in [-0.2, 0) is 23.9 Å². The number of hydrogen-bond donors (Lipinski definition) is 3. The Balaban J connectivity index is 1.61. The molecular formula is C25H42N4O6. The Morgan fingerprint density at radius 2 is 1.83 bits per heavy atom. The van der Waals surface area contributed by atoms with Crippen LogP contribution in [0.25, 0.3) is 0 Å². The summed E-state index contributed by atoms with van der Waals surface area (Å²) in [5, 5.41) is 16.2. The molecule has 4 heterocycles. The standard InChI is InChI=1S/C25H42N4O6/c1-5-8-26-21(31)18-19-23(33)29(17(15-30)16(2)3)20(25(19)7-6-24(18,4)35-25)22(32)27-9-10-28-11-13-34-14-12-28/h16-20,30H,5-15H2,1-4H3,(H,26,31)(H,27,32)/t17-,18-,19-,20?,24+,25?/m0/s1. The first kappa shape index (κ1) is 26.3. The Morgan fingerprint density at radius 1 is 1.14 bits per heavy atom. The van der Waals surface area contributed by atoms with E-state index in [-0.39, 0.29) is 30.2 Å². The number of fused-ring (bicyclic) bond motifs is 1. The summed E-state index contributed by atoms with van der Waals surface area (Å²) in [7, 11) is 0. The molecule has 10 heteroatoms. The number of carbonyl (C=O) groups is 3. The van der Waals surface area contributed by atoms with Gasteiger partial charge in [-0.1, -0.05) is 20.8 Å². The number of ether oxygens (including phenoxy) is 2. The summed E-state index contributed by atoms with van der Waals surface area (Å²) in [6.45, 7) is 12.2. The number of likely N-dealkylation sites (tertiary alicyclic amines) is 1. The predicted octanol–water partition coefficient (Wildman–Crippen LogP) is -0.257.